The molecule has 36 heavy (non-hydrogen) atoms. The van der Waals surface area contributed by atoms with Crippen LogP contribution in [0.4, 0.5) is 0 Å². The molecule has 3 aromatic rings. The summed E-state index contributed by atoms with van der Waals surface area (Å²) in [6.45, 7) is 7.95. The Kier molecular flexibility index (Phi) is 7.45. The first-order valence-corrected chi connectivity index (χ1v) is 13.7. The highest BCUT2D eigenvalue weighted by Crippen LogP contribution is 2.31. The molecule has 3 aromatic heterocycles. The van der Waals surface area contributed by atoms with Crippen molar-refractivity contribution in [2.45, 2.75) is 58.2 Å². The number of nitrogens with one attached hydrogen (secondary N) is 1. The van der Waals surface area contributed by atoms with Gasteiger partial charge in [0.15, 0.2) is 11.5 Å². The first-order valence-electron chi connectivity index (χ1n) is 12.5. The maximum atomic E-state index is 13.3. The van der Waals surface area contributed by atoms with Gasteiger partial charge in [0.05, 0.1) is 15.8 Å². The van der Waals surface area contributed by atoms with Crippen LogP contribution in [-0.2, 0) is 6.54 Å². The number of hydrogen-bond acceptors (Lipinski definition) is 7. The molecule has 192 valence electrons. The van der Waals surface area contributed by atoms with Crippen LogP contribution in [0.15, 0.2) is 28.8 Å². The molecule has 0 unspecified atom stereocenters. The summed E-state index contributed by atoms with van der Waals surface area (Å²) in [4.78, 5) is 31.5. The molecule has 0 aliphatic carbocycles. The summed E-state index contributed by atoms with van der Waals surface area (Å²) >= 11 is 7.45. The maximum Gasteiger partial charge on any atom is 0.272 e. The first kappa shape index (κ1) is 25.0. The number of carbonyl (C=O) groups is 2. The molecule has 5 rings (SSSR count). The zero-order valence-electron chi connectivity index (χ0n) is 20.6. The smallest absolute Gasteiger partial charge is 0.272 e. The molecular weight excluding hydrogens is 500 g/mol. The highest BCUT2D eigenvalue weighted by molar-refractivity contribution is 7.19. The van der Waals surface area contributed by atoms with Crippen LogP contribution in [0.5, 0.6) is 0 Å². The summed E-state index contributed by atoms with van der Waals surface area (Å²) in [6.07, 6.45) is 3.77. The molecule has 2 fully saturated rings. The van der Waals surface area contributed by atoms with Crippen LogP contribution >= 0.6 is 22.9 Å². The third-order valence-corrected chi connectivity index (χ3v) is 8.15. The molecule has 2 aliphatic heterocycles. The third kappa shape index (κ3) is 5.50. The van der Waals surface area contributed by atoms with E-state index in [4.69, 9.17) is 16.1 Å². The van der Waals surface area contributed by atoms with E-state index < -0.39 is 0 Å². The molecule has 0 atom stereocenters. The predicted molar refractivity (Wildman–Crippen MR) is 138 cm³/mol. The van der Waals surface area contributed by atoms with Crippen molar-refractivity contribution in [1.29, 1.82) is 0 Å². The summed E-state index contributed by atoms with van der Waals surface area (Å²) in [5, 5.41) is 11.8. The molecule has 1 N–H and O–H groups in total. The second-order valence-electron chi connectivity index (χ2n) is 9.74. The van der Waals surface area contributed by atoms with Crippen molar-refractivity contribution in [3.05, 3.63) is 45.7 Å². The van der Waals surface area contributed by atoms with Crippen molar-refractivity contribution >= 4 is 34.8 Å². The SMILES string of the molecule is CC(C)N1CCC(NC(=O)c2cc(C(=O)N3CCCC3)n(Cc3cc(-c4ccc(Cl)s4)on3)n2)CC1. The van der Waals surface area contributed by atoms with Crippen LogP contribution in [0, 0.1) is 0 Å². The number of aromatic nitrogens is 3. The number of piperidine rings is 1. The first-order chi connectivity index (χ1) is 17.4. The third-order valence-electron chi connectivity index (χ3n) is 6.91. The van der Waals surface area contributed by atoms with E-state index in [0.29, 0.717) is 40.6 Å². The minimum Gasteiger partial charge on any atom is -0.355 e. The van der Waals surface area contributed by atoms with E-state index >= 15 is 0 Å². The second kappa shape index (κ2) is 10.7. The summed E-state index contributed by atoms with van der Waals surface area (Å²) < 4.78 is 7.73. The fourth-order valence-corrected chi connectivity index (χ4v) is 5.82. The Labute approximate surface area is 219 Å². The summed E-state index contributed by atoms with van der Waals surface area (Å²) in [5.74, 6) is 0.242. The normalized spacial score (nSPS) is 17.3. The lowest BCUT2D eigenvalue weighted by atomic mass is 10.0. The molecule has 0 saturated carbocycles. The molecule has 2 aliphatic rings. The van der Waals surface area contributed by atoms with Gasteiger partial charge in [-0.15, -0.1) is 11.3 Å². The predicted octanol–water partition coefficient (Wildman–Crippen LogP) is 4.14. The average molecular weight is 531 g/mol. The Balaban J connectivity index is 1.34. The topological polar surface area (TPSA) is 96.5 Å². The molecule has 9 nitrogen and oxygen atoms in total. The number of halogens is 1. The van der Waals surface area contributed by atoms with Crippen molar-refractivity contribution in [2.24, 2.45) is 0 Å². The molecular formula is C25H31ClN6O3S. The van der Waals surface area contributed by atoms with Gasteiger partial charge >= 0.3 is 0 Å². The van der Waals surface area contributed by atoms with Crippen molar-refractivity contribution in [1.82, 2.24) is 30.1 Å². The fraction of sp³-hybridized carbons (Fsp3) is 0.520. The van der Waals surface area contributed by atoms with Crippen molar-refractivity contribution in [3.8, 4) is 10.6 Å². The monoisotopic (exact) mass is 530 g/mol. The molecule has 2 amide bonds. The number of amides is 2. The average Bonchev–Trinajstić information content (AvgIpc) is 3.66. The van der Waals surface area contributed by atoms with Crippen LogP contribution in [-0.4, -0.2) is 74.8 Å². The number of carbonyl (C=O) groups excluding carboxylic acids is 2. The van der Waals surface area contributed by atoms with Crippen LogP contribution in [0.1, 0.15) is 66.2 Å². The van der Waals surface area contributed by atoms with Gasteiger partial charge in [-0.1, -0.05) is 16.8 Å². The molecule has 0 radical (unpaired) electrons. The van der Waals surface area contributed by atoms with Crippen molar-refractivity contribution in [3.63, 3.8) is 0 Å². The fourth-order valence-electron chi connectivity index (χ4n) is 4.82. The molecule has 0 spiro atoms. The van der Waals surface area contributed by atoms with E-state index in [2.05, 4.69) is 34.3 Å². The van der Waals surface area contributed by atoms with Gasteiger partial charge in [-0.05, 0) is 51.7 Å². The Morgan fingerprint density at radius 1 is 1.17 bits per heavy atom. The highest BCUT2D eigenvalue weighted by Gasteiger charge is 2.28. The van der Waals surface area contributed by atoms with Crippen LogP contribution in [0.2, 0.25) is 4.34 Å². The lowest BCUT2D eigenvalue weighted by Crippen LogP contribution is -2.46. The number of thiophene rings is 1. The highest BCUT2D eigenvalue weighted by atomic mass is 35.5. The molecule has 5 heterocycles. The van der Waals surface area contributed by atoms with E-state index in [1.807, 2.05) is 23.1 Å². The van der Waals surface area contributed by atoms with Gasteiger partial charge in [-0.3, -0.25) is 14.3 Å². The molecule has 0 bridgehead atoms. The zero-order chi connectivity index (χ0) is 25.2. The van der Waals surface area contributed by atoms with Gasteiger partial charge < -0.3 is 19.6 Å². The lowest BCUT2D eigenvalue weighted by molar-refractivity contribution is 0.0780. The Bertz CT molecular complexity index is 1220. The van der Waals surface area contributed by atoms with Gasteiger partial charge in [0.2, 0.25) is 0 Å². The number of likely N-dealkylation sites (tertiary alicyclic amines) is 2. The number of hydrogen-bond donors (Lipinski definition) is 1. The van der Waals surface area contributed by atoms with E-state index in [0.717, 1.165) is 43.6 Å². The van der Waals surface area contributed by atoms with E-state index in [1.165, 1.54) is 11.3 Å². The minimum atomic E-state index is -0.249. The number of rotatable bonds is 7. The van der Waals surface area contributed by atoms with Crippen molar-refractivity contribution in [2.75, 3.05) is 26.2 Å². The van der Waals surface area contributed by atoms with E-state index in [-0.39, 0.29) is 30.1 Å². The molecule has 0 aromatic carbocycles. The van der Waals surface area contributed by atoms with Crippen molar-refractivity contribution < 1.29 is 14.1 Å². The standard InChI is InChI=1S/C25H31ClN6O3S/c1-16(2)30-11-7-17(8-12-30)27-24(33)19-14-20(25(34)31-9-3-4-10-31)32(28-19)15-18-13-21(35-29-18)22-5-6-23(26)36-22/h5-6,13-14,16-17H,3-4,7-12,15H2,1-2H3,(H,27,33). The van der Waals surface area contributed by atoms with Gasteiger partial charge in [0.25, 0.3) is 11.8 Å². The van der Waals surface area contributed by atoms with Gasteiger partial charge in [-0.25, -0.2) is 0 Å². The van der Waals surface area contributed by atoms with Gasteiger partial charge in [-0.2, -0.15) is 5.10 Å². The maximum absolute atomic E-state index is 13.3. The van der Waals surface area contributed by atoms with Crippen LogP contribution in [0.25, 0.3) is 10.6 Å². The number of nitrogens with zero attached hydrogens (tertiary/aromatic N) is 5. The second-order valence-corrected chi connectivity index (χ2v) is 11.5. The van der Waals surface area contributed by atoms with E-state index in [1.54, 1.807) is 10.7 Å². The molecule has 2 saturated heterocycles. The van der Waals surface area contributed by atoms with Gasteiger partial charge in [0.1, 0.15) is 11.4 Å². The lowest BCUT2D eigenvalue weighted by Gasteiger charge is -2.34. The summed E-state index contributed by atoms with van der Waals surface area (Å²) in [7, 11) is 0. The van der Waals surface area contributed by atoms with Crippen LogP contribution in [0.3, 0.4) is 0 Å². The summed E-state index contributed by atoms with van der Waals surface area (Å²) in [6, 6.07) is 7.72. The Morgan fingerprint density at radius 3 is 2.58 bits per heavy atom. The quantitative estimate of drug-likeness (QED) is 0.493. The minimum absolute atomic E-state index is 0.103. The Morgan fingerprint density at radius 2 is 1.92 bits per heavy atom. The largest absolute Gasteiger partial charge is 0.355 e. The van der Waals surface area contributed by atoms with E-state index in [9.17, 15) is 9.59 Å². The zero-order valence-corrected chi connectivity index (χ0v) is 22.1. The Hall–Kier alpha value is -2.69. The van der Waals surface area contributed by atoms with Crippen LogP contribution < -0.4 is 5.32 Å². The summed E-state index contributed by atoms with van der Waals surface area (Å²) in [5.41, 5.74) is 1.25. The van der Waals surface area contributed by atoms with Gasteiger partial charge in [0, 0.05) is 50.4 Å². The molecule has 11 heteroatoms.